The minimum absolute atomic E-state index is 0.154. The fourth-order valence-corrected chi connectivity index (χ4v) is 2.02. The number of nitro groups is 1. The quantitative estimate of drug-likeness (QED) is 0.664. The second-order valence-electron chi connectivity index (χ2n) is 4.32. The van der Waals surface area contributed by atoms with Crippen LogP contribution in [0.5, 0.6) is 0 Å². The number of benzene rings is 2. The fraction of sp³-hybridized carbons (Fsp3) is 0.143. The highest BCUT2D eigenvalue weighted by Crippen LogP contribution is 2.32. The molecular weight excluding hydrogens is 283 g/mol. The van der Waals surface area contributed by atoms with E-state index in [2.05, 4.69) is 5.32 Å². The van der Waals surface area contributed by atoms with Gasteiger partial charge in [0.25, 0.3) is 5.69 Å². The van der Waals surface area contributed by atoms with Gasteiger partial charge in [0, 0.05) is 6.04 Å². The monoisotopic (exact) mass is 294 g/mol. The molecule has 0 aliphatic rings. The minimum Gasteiger partial charge on any atom is -0.373 e. The first-order chi connectivity index (χ1) is 9.49. The first-order valence-electron chi connectivity index (χ1n) is 5.94. The summed E-state index contributed by atoms with van der Waals surface area (Å²) in [5, 5.41) is 13.8. The summed E-state index contributed by atoms with van der Waals surface area (Å²) in [5.41, 5.74) is 0.815. The van der Waals surface area contributed by atoms with Crippen molar-refractivity contribution in [2.45, 2.75) is 13.0 Å². The van der Waals surface area contributed by atoms with Crippen LogP contribution in [0.3, 0.4) is 0 Å². The predicted molar refractivity (Wildman–Crippen MR) is 76.5 cm³/mol. The Balaban J connectivity index is 2.33. The molecule has 0 saturated heterocycles. The Hall–Kier alpha value is -2.14. The Bertz CT molecular complexity index is 635. The molecule has 0 amide bonds. The molecule has 2 rings (SSSR count). The maximum atomic E-state index is 13.3. The normalized spacial score (nSPS) is 11.9. The van der Waals surface area contributed by atoms with Crippen molar-refractivity contribution >= 4 is 23.0 Å². The molecule has 0 heterocycles. The third-order valence-corrected chi connectivity index (χ3v) is 3.20. The lowest BCUT2D eigenvalue weighted by molar-refractivity contribution is -0.384. The molecule has 104 valence electrons. The van der Waals surface area contributed by atoms with E-state index in [0.717, 1.165) is 11.6 Å². The molecule has 2 aromatic carbocycles. The standard InChI is InChI=1S/C14H12ClFN2O2/c1-9(10-5-3-2-4-6-10)17-13-7-11(15)12(16)8-14(13)18(19)20/h2-9,17H,1H3. The van der Waals surface area contributed by atoms with Gasteiger partial charge in [-0.15, -0.1) is 0 Å². The molecule has 0 aliphatic heterocycles. The van der Waals surface area contributed by atoms with Gasteiger partial charge in [0.05, 0.1) is 16.0 Å². The highest BCUT2D eigenvalue weighted by molar-refractivity contribution is 6.31. The maximum Gasteiger partial charge on any atom is 0.295 e. The predicted octanol–water partition coefficient (Wildman–Crippen LogP) is 4.56. The summed E-state index contributed by atoms with van der Waals surface area (Å²) in [7, 11) is 0. The first-order valence-corrected chi connectivity index (χ1v) is 6.31. The zero-order valence-electron chi connectivity index (χ0n) is 10.6. The number of hydrogen-bond donors (Lipinski definition) is 1. The zero-order chi connectivity index (χ0) is 14.7. The van der Waals surface area contributed by atoms with Gasteiger partial charge in [-0.05, 0) is 18.6 Å². The molecule has 0 bridgehead atoms. The smallest absolute Gasteiger partial charge is 0.295 e. The average molecular weight is 295 g/mol. The summed E-state index contributed by atoms with van der Waals surface area (Å²) in [6.45, 7) is 1.86. The number of nitrogens with zero attached hydrogens (tertiary/aromatic N) is 1. The van der Waals surface area contributed by atoms with Crippen LogP contribution in [0.1, 0.15) is 18.5 Å². The van der Waals surface area contributed by atoms with Crippen LogP contribution in [0.25, 0.3) is 0 Å². The van der Waals surface area contributed by atoms with Crippen LogP contribution in [0, 0.1) is 15.9 Å². The molecule has 6 heteroatoms. The van der Waals surface area contributed by atoms with E-state index in [1.54, 1.807) is 0 Å². The summed E-state index contributed by atoms with van der Waals surface area (Å²) in [5.74, 6) is -0.809. The van der Waals surface area contributed by atoms with Crippen molar-refractivity contribution in [1.82, 2.24) is 0 Å². The molecule has 1 unspecified atom stereocenters. The largest absolute Gasteiger partial charge is 0.373 e. The van der Waals surface area contributed by atoms with E-state index in [-0.39, 0.29) is 22.4 Å². The molecule has 0 aromatic heterocycles. The first kappa shape index (κ1) is 14.3. The van der Waals surface area contributed by atoms with Crippen LogP contribution in [0.2, 0.25) is 5.02 Å². The van der Waals surface area contributed by atoms with Gasteiger partial charge in [0.15, 0.2) is 0 Å². The van der Waals surface area contributed by atoms with E-state index in [4.69, 9.17) is 11.6 Å². The third kappa shape index (κ3) is 3.05. The molecule has 0 saturated carbocycles. The number of nitro benzene ring substituents is 1. The topological polar surface area (TPSA) is 55.2 Å². The Kier molecular flexibility index (Phi) is 4.20. The number of rotatable bonds is 4. The SMILES string of the molecule is CC(Nc1cc(Cl)c(F)cc1[N+](=O)[O-])c1ccccc1. The maximum absolute atomic E-state index is 13.3. The van der Waals surface area contributed by atoms with Crippen molar-refractivity contribution in [3.63, 3.8) is 0 Å². The van der Waals surface area contributed by atoms with Gasteiger partial charge in [-0.25, -0.2) is 4.39 Å². The molecule has 2 aromatic rings. The van der Waals surface area contributed by atoms with E-state index in [1.165, 1.54) is 6.07 Å². The van der Waals surface area contributed by atoms with Crippen molar-refractivity contribution in [1.29, 1.82) is 0 Å². The highest BCUT2D eigenvalue weighted by atomic mass is 35.5. The lowest BCUT2D eigenvalue weighted by Crippen LogP contribution is -2.08. The van der Waals surface area contributed by atoms with Gasteiger partial charge < -0.3 is 5.32 Å². The molecule has 1 N–H and O–H groups in total. The lowest BCUT2D eigenvalue weighted by atomic mass is 10.1. The summed E-state index contributed by atoms with van der Waals surface area (Å²) in [6, 6.07) is 11.3. The van der Waals surface area contributed by atoms with Crippen molar-refractivity contribution in [2.75, 3.05) is 5.32 Å². The lowest BCUT2D eigenvalue weighted by Gasteiger charge is -2.16. The van der Waals surface area contributed by atoms with E-state index >= 15 is 0 Å². The number of anilines is 1. The van der Waals surface area contributed by atoms with Crippen LogP contribution in [0.4, 0.5) is 15.8 Å². The van der Waals surface area contributed by atoms with Gasteiger partial charge in [-0.1, -0.05) is 41.9 Å². The van der Waals surface area contributed by atoms with Gasteiger partial charge in [-0.3, -0.25) is 10.1 Å². The second kappa shape index (κ2) is 5.88. The minimum atomic E-state index is -0.809. The fourth-order valence-electron chi connectivity index (χ4n) is 1.86. The Morgan fingerprint density at radius 2 is 1.95 bits per heavy atom. The van der Waals surface area contributed by atoms with Gasteiger partial charge in [0.2, 0.25) is 0 Å². The molecular formula is C14H12ClFN2O2. The Morgan fingerprint density at radius 1 is 1.30 bits per heavy atom. The van der Waals surface area contributed by atoms with Crippen LogP contribution in [-0.2, 0) is 0 Å². The summed E-state index contributed by atoms with van der Waals surface area (Å²) in [6.07, 6.45) is 0. The van der Waals surface area contributed by atoms with Crippen molar-refractivity contribution in [3.8, 4) is 0 Å². The van der Waals surface area contributed by atoms with Gasteiger partial charge in [0.1, 0.15) is 11.5 Å². The van der Waals surface area contributed by atoms with E-state index < -0.39 is 10.7 Å². The van der Waals surface area contributed by atoms with Crippen molar-refractivity contribution in [3.05, 3.63) is 69.0 Å². The molecule has 4 nitrogen and oxygen atoms in total. The summed E-state index contributed by atoms with van der Waals surface area (Å²) < 4.78 is 13.3. The van der Waals surface area contributed by atoms with E-state index in [0.29, 0.717) is 0 Å². The van der Waals surface area contributed by atoms with Crippen LogP contribution in [-0.4, -0.2) is 4.92 Å². The van der Waals surface area contributed by atoms with Crippen LogP contribution >= 0.6 is 11.6 Å². The molecule has 0 radical (unpaired) electrons. The van der Waals surface area contributed by atoms with Crippen molar-refractivity contribution in [2.24, 2.45) is 0 Å². The summed E-state index contributed by atoms with van der Waals surface area (Å²) >= 11 is 5.68. The number of halogens is 2. The molecule has 0 fully saturated rings. The zero-order valence-corrected chi connectivity index (χ0v) is 11.4. The van der Waals surface area contributed by atoms with Gasteiger partial charge >= 0.3 is 0 Å². The number of hydrogen-bond acceptors (Lipinski definition) is 3. The number of nitrogens with one attached hydrogen (secondary N) is 1. The molecule has 20 heavy (non-hydrogen) atoms. The summed E-state index contributed by atoms with van der Waals surface area (Å²) in [4.78, 5) is 10.3. The van der Waals surface area contributed by atoms with Gasteiger partial charge in [-0.2, -0.15) is 0 Å². The molecule has 0 spiro atoms. The van der Waals surface area contributed by atoms with Crippen LogP contribution in [0.15, 0.2) is 42.5 Å². The van der Waals surface area contributed by atoms with E-state index in [9.17, 15) is 14.5 Å². The molecule has 1 atom stereocenters. The van der Waals surface area contributed by atoms with Crippen molar-refractivity contribution < 1.29 is 9.31 Å². The van der Waals surface area contributed by atoms with Crippen LogP contribution < -0.4 is 5.32 Å². The highest BCUT2D eigenvalue weighted by Gasteiger charge is 2.19. The molecule has 0 aliphatic carbocycles. The Labute approximate surface area is 120 Å². The third-order valence-electron chi connectivity index (χ3n) is 2.91. The average Bonchev–Trinajstić information content (AvgIpc) is 2.43. The Morgan fingerprint density at radius 3 is 2.55 bits per heavy atom. The second-order valence-corrected chi connectivity index (χ2v) is 4.72. The van der Waals surface area contributed by atoms with E-state index in [1.807, 2.05) is 37.3 Å².